The molecule has 0 spiro atoms. The van der Waals surface area contributed by atoms with E-state index in [1.165, 1.54) is 25.7 Å². The van der Waals surface area contributed by atoms with Gasteiger partial charge in [-0.25, -0.2) is 0 Å². The van der Waals surface area contributed by atoms with Crippen molar-refractivity contribution in [3.8, 4) is 0 Å². The first-order chi connectivity index (χ1) is 7.18. The lowest BCUT2D eigenvalue weighted by molar-refractivity contribution is 0.288. The van der Waals surface area contributed by atoms with Gasteiger partial charge in [0, 0.05) is 12.8 Å². The summed E-state index contributed by atoms with van der Waals surface area (Å²) < 4.78 is 0. The average Bonchev–Trinajstić information content (AvgIpc) is 2.26. The summed E-state index contributed by atoms with van der Waals surface area (Å²) >= 11 is 0. The maximum Gasteiger partial charge on any atom is 0.0442 e. The summed E-state index contributed by atoms with van der Waals surface area (Å²) in [6.07, 6.45) is 12.5. The molecule has 0 rings (SSSR count). The second kappa shape index (κ2) is 8.46. The minimum absolute atomic E-state index is 0.383. The van der Waals surface area contributed by atoms with Gasteiger partial charge in [-0.15, -0.1) is 0 Å². The largest absolute Gasteiger partial charge is 0.293 e. The molecule has 0 aromatic carbocycles. The molecule has 0 bridgehead atoms. The smallest absolute Gasteiger partial charge is 0.0442 e. The first-order valence-corrected chi connectivity index (χ1v) is 5.96. The molecule has 1 unspecified atom stereocenters. The maximum atomic E-state index is 4.45. The normalized spacial score (nSPS) is 15.9. The van der Waals surface area contributed by atoms with Crippen molar-refractivity contribution in [3.05, 3.63) is 24.8 Å². The molecule has 0 aliphatic heterocycles. The molecule has 1 atom stereocenters. The highest BCUT2D eigenvalue weighted by atomic mass is 14.7. The Morgan fingerprint density at radius 1 is 1.27 bits per heavy atom. The quantitative estimate of drug-likeness (QED) is 0.413. The van der Waals surface area contributed by atoms with E-state index in [9.17, 15) is 0 Å². The highest BCUT2D eigenvalue weighted by molar-refractivity contribution is 5.71. The zero-order valence-corrected chi connectivity index (χ0v) is 10.5. The number of unbranched alkanes of at least 4 members (excludes halogenated alkanes) is 1. The van der Waals surface area contributed by atoms with Crippen molar-refractivity contribution in [2.24, 2.45) is 10.4 Å². The predicted octanol–water partition coefficient (Wildman–Crippen LogP) is 4.41. The fraction of sp³-hybridized carbons (Fsp3) is 0.643. The molecule has 0 aromatic heterocycles. The van der Waals surface area contributed by atoms with Crippen molar-refractivity contribution in [1.29, 1.82) is 0 Å². The van der Waals surface area contributed by atoms with E-state index in [0.717, 1.165) is 6.54 Å². The van der Waals surface area contributed by atoms with Crippen molar-refractivity contribution in [1.82, 2.24) is 0 Å². The van der Waals surface area contributed by atoms with Crippen LogP contribution in [0.5, 0.6) is 0 Å². The van der Waals surface area contributed by atoms with Gasteiger partial charge < -0.3 is 0 Å². The van der Waals surface area contributed by atoms with E-state index in [1.807, 2.05) is 18.4 Å². The SMILES string of the molecule is C=C/C=C\C=N/CC(C)(CC)CCCC. The van der Waals surface area contributed by atoms with E-state index < -0.39 is 0 Å². The van der Waals surface area contributed by atoms with Crippen LogP contribution in [0, 0.1) is 5.41 Å². The fourth-order valence-corrected chi connectivity index (χ4v) is 1.43. The van der Waals surface area contributed by atoms with E-state index >= 15 is 0 Å². The standard InChI is InChI=1S/C14H25N/c1-5-8-10-12-15-13-14(4,7-3)11-9-6-2/h5,8,10,12H,1,6-7,9,11,13H2,2-4H3/b10-8-,15-12-. The summed E-state index contributed by atoms with van der Waals surface area (Å²) in [6, 6.07) is 0. The maximum absolute atomic E-state index is 4.45. The molecule has 0 amide bonds. The van der Waals surface area contributed by atoms with Gasteiger partial charge in [0.25, 0.3) is 0 Å². The van der Waals surface area contributed by atoms with Crippen LogP contribution in [-0.4, -0.2) is 12.8 Å². The molecule has 0 radical (unpaired) electrons. The van der Waals surface area contributed by atoms with E-state index in [-0.39, 0.29) is 0 Å². The summed E-state index contributed by atoms with van der Waals surface area (Å²) in [5, 5.41) is 0. The molecule has 0 aliphatic carbocycles. The molecule has 0 saturated carbocycles. The number of nitrogens with zero attached hydrogens (tertiary/aromatic N) is 1. The molecule has 0 aliphatic rings. The number of hydrogen-bond donors (Lipinski definition) is 0. The third-order valence-electron chi connectivity index (χ3n) is 2.90. The van der Waals surface area contributed by atoms with Crippen LogP contribution < -0.4 is 0 Å². The Balaban J connectivity index is 4.01. The van der Waals surface area contributed by atoms with Crippen molar-refractivity contribution in [2.45, 2.75) is 46.5 Å². The van der Waals surface area contributed by atoms with Gasteiger partial charge in [-0.05, 0) is 24.3 Å². The van der Waals surface area contributed by atoms with Gasteiger partial charge in [0.15, 0.2) is 0 Å². The van der Waals surface area contributed by atoms with Crippen LogP contribution in [0.2, 0.25) is 0 Å². The number of rotatable bonds is 8. The van der Waals surface area contributed by atoms with Gasteiger partial charge in [0.2, 0.25) is 0 Å². The van der Waals surface area contributed by atoms with Crippen LogP contribution in [0.4, 0.5) is 0 Å². The molecule has 15 heavy (non-hydrogen) atoms. The third-order valence-corrected chi connectivity index (χ3v) is 2.90. The summed E-state index contributed by atoms with van der Waals surface area (Å²) in [5.74, 6) is 0. The molecule has 0 heterocycles. The van der Waals surface area contributed by atoms with Crippen molar-refractivity contribution in [3.63, 3.8) is 0 Å². The van der Waals surface area contributed by atoms with E-state index in [0.29, 0.717) is 5.41 Å². The summed E-state index contributed by atoms with van der Waals surface area (Å²) in [5.41, 5.74) is 0.383. The number of allylic oxidation sites excluding steroid dienone is 3. The summed E-state index contributed by atoms with van der Waals surface area (Å²) in [6.45, 7) is 11.4. The van der Waals surface area contributed by atoms with Crippen molar-refractivity contribution in [2.75, 3.05) is 6.54 Å². The lowest BCUT2D eigenvalue weighted by Gasteiger charge is -2.25. The van der Waals surface area contributed by atoms with Crippen LogP contribution >= 0.6 is 0 Å². The highest BCUT2D eigenvalue weighted by Crippen LogP contribution is 2.28. The Morgan fingerprint density at radius 3 is 2.53 bits per heavy atom. The fourth-order valence-electron chi connectivity index (χ4n) is 1.43. The third kappa shape index (κ3) is 7.12. The Hall–Kier alpha value is -0.850. The van der Waals surface area contributed by atoms with Gasteiger partial charge in [0.05, 0.1) is 0 Å². The Kier molecular flexibility index (Phi) is 7.98. The molecule has 0 saturated heterocycles. The first-order valence-electron chi connectivity index (χ1n) is 5.96. The van der Waals surface area contributed by atoms with Gasteiger partial charge in [-0.2, -0.15) is 0 Å². The predicted molar refractivity (Wildman–Crippen MR) is 70.6 cm³/mol. The Morgan fingerprint density at radius 2 is 2.00 bits per heavy atom. The van der Waals surface area contributed by atoms with Gasteiger partial charge in [-0.3, -0.25) is 4.99 Å². The first kappa shape index (κ1) is 14.2. The topological polar surface area (TPSA) is 12.4 Å². The number of aliphatic imine (C=N–C) groups is 1. The highest BCUT2D eigenvalue weighted by Gasteiger charge is 2.19. The monoisotopic (exact) mass is 207 g/mol. The molecule has 1 nitrogen and oxygen atoms in total. The Bertz CT molecular complexity index is 215. The summed E-state index contributed by atoms with van der Waals surface area (Å²) in [4.78, 5) is 4.45. The number of hydrogen-bond acceptors (Lipinski definition) is 1. The minimum atomic E-state index is 0.383. The molecule has 0 aromatic rings. The van der Waals surface area contributed by atoms with E-state index in [4.69, 9.17) is 0 Å². The van der Waals surface area contributed by atoms with Crippen molar-refractivity contribution < 1.29 is 0 Å². The molecule has 86 valence electrons. The molecule has 0 fully saturated rings. The second-order valence-electron chi connectivity index (χ2n) is 4.38. The lowest BCUT2D eigenvalue weighted by Crippen LogP contribution is -2.19. The van der Waals surface area contributed by atoms with Crippen molar-refractivity contribution >= 4 is 6.21 Å². The van der Waals surface area contributed by atoms with Gasteiger partial charge in [-0.1, -0.05) is 52.3 Å². The van der Waals surface area contributed by atoms with Crippen LogP contribution in [0.15, 0.2) is 29.8 Å². The molecular weight excluding hydrogens is 182 g/mol. The van der Waals surface area contributed by atoms with E-state index in [1.54, 1.807) is 6.08 Å². The van der Waals surface area contributed by atoms with E-state index in [2.05, 4.69) is 32.3 Å². The average molecular weight is 207 g/mol. The zero-order valence-electron chi connectivity index (χ0n) is 10.5. The lowest BCUT2D eigenvalue weighted by atomic mass is 9.82. The molecule has 0 N–H and O–H groups in total. The molecular formula is C14H25N. The Labute approximate surface area is 95.0 Å². The zero-order chi connectivity index (χ0) is 11.6. The van der Waals surface area contributed by atoms with Crippen LogP contribution in [0.25, 0.3) is 0 Å². The molecule has 1 heteroatoms. The minimum Gasteiger partial charge on any atom is -0.293 e. The second-order valence-corrected chi connectivity index (χ2v) is 4.38. The van der Waals surface area contributed by atoms with Gasteiger partial charge in [0.1, 0.15) is 0 Å². The summed E-state index contributed by atoms with van der Waals surface area (Å²) in [7, 11) is 0. The van der Waals surface area contributed by atoms with Crippen LogP contribution in [-0.2, 0) is 0 Å². The van der Waals surface area contributed by atoms with Crippen LogP contribution in [0.3, 0.4) is 0 Å². The van der Waals surface area contributed by atoms with Gasteiger partial charge >= 0.3 is 0 Å². The van der Waals surface area contributed by atoms with Crippen LogP contribution in [0.1, 0.15) is 46.5 Å².